The van der Waals surface area contributed by atoms with E-state index in [1.165, 1.54) is 0 Å². The van der Waals surface area contributed by atoms with Crippen LogP contribution in [-0.2, 0) is 4.79 Å². The number of nitrogens with one attached hydrogen (secondary N) is 1. The first-order valence-electron chi connectivity index (χ1n) is 6.24. The summed E-state index contributed by atoms with van der Waals surface area (Å²) in [5, 5.41) is 2.94. The van der Waals surface area contributed by atoms with Gasteiger partial charge in [0.15, 0.2) is 0 Å². The van der Waals surface area contributed by atoms with Crippen LogP contribution >= 0.6 is 12.4 Å². The van der Waals surface area contributed by atoms with Gasteiger partial charge in [-0.05, 0) is 38.3 Å². The fraction of sp³-hybridized carbons (Fsp3) is 0.917. The van der Waals surface area contributed by atoms with Crippen molar-refractivity contribution >= 4 is 18.3 Å². The molecule has 2 atom stereocenters. The summed E-state index contributed by atoms with van der Waals surface area (Å²) < 4.78 is 0. The molecule has 102 valence electrons. The number of amides is 1. The highest BCUT2D eigenvalue weighted by Crippen LogP contribution is 2.29. The van der Waals surface area contributed by atoms with Crippen LogP contribution < -0.4 is 11.1 Å². The Balaban J connectivity index is 0.00000256. The maximum absolute atomic E-state index is 11.8. The van der Waals surface area contributed by atoms with Gasteiger partial charge in [-0.3, -0.25) is 9.69 Å². The van der Waals surface area contributed by atoms with Crippen molar-refractivity contribution in [2.75, 3.05) is 26.2 Å². The number of hydrogen-bond donors (Lipinski definition) is 2. The molecule has 0 saturated carbocycles. The summed E-state index contributed by atoms with van der Waals surface area (Å²) >= 11 is 0. The van der Waals surface area contributed by atoms with Crippen molar-refractivity contribution in [3.63, 3.8) is 0 Å². The topological polar surface area (TPSA) is 58.4 Å². The van der Waals surface area contributed by atoms with E-state index < -0.39 is 0 Å². The van der Waals surface area contributed by atoms with Crippen molar-refractivity contribution in [3.8, 4) is 0 Å². The number of carbonyl (C=O) groups excluding carboxylic acids is 1. The van der Waals surface area contributed by atoms with Gasteiger partial charge in [0.2, 0.25) is 5.91 Å². The third kappa shape index (κ3) is 4.45. The van der Waals surface area contributed by atoms with E-state index in [0.29, 0.717) is 6.54 Å². The molecule has 0 aromatic carbocycles. The van der Waals surface area contributed by atoms with Gasteiger partial charge in [0.25, 0.3) is 0 Å². The van der Waals surface area contributed by atoms with Gasteiger partial charge in [0, 0.05) is 13.1 Å². The number of nitrogens with two attached hydrogens (primary N) is 1. The van der Waals surface area contributed by atoms with Gasteiger partial charge in [0.05, 0.1) is 6.04 Å². The predicted octanol–water partition coefficient (Wildman–Crippen LogP) is 0.994. The molecule has 1 rings (SSSR count). The van der Waals surface area contributed by atoms with E-state index in [1.807, 2.05) is 6.92 Å². The van der Waals surface area contributed by atoms with Gasteiger partial charge >= 0.3 is 0 Å². The van der Waals surface area contributed by atoms with Crippen LogP contribution in [0.2, 0.25) is 0 Å². The minimum atomic E-state index is -0.0278. The van der Waals surface area contributed by atoms with E-state index in [1.54, 1.807) is 0 Å². The molecule has 0 aromatic rings. The first kappa shape index (κ1) is 16.7. The molecule has 0 bridgehead atoms. The highest BCUT2D eigenvalue weighted by Gasteiger charge is 2.36. The molecular weight excluding hydrogens is 238 g/mol. The number of likely N-dealkylation sites (tertiary alicyclic amines) is 1. The summed E-state index contributed by atoms with van der Waals surface area (Å²) in [4.78, 5) is 14.0. The van der Waals surface area contributed by atoms with Crippen LogP contribution in [0.5, 0.6) is 0 Å². The maximum Gasteiger partial charge on any atom is 0.237 e. The summed E-state index contributed by atoms with van der Waals surface area (Å²) in [5.41, 5.74) is 5.95. The molecule has 1 amide bonds. The van der Waals surface area contributed by atoms with Crippen LogP contribution in [0.3, 0.4) is 0 Å². The minimum Gasteiger partial charge on any atom is -0.355 e. The molecule has 4 nitrogen and oxygen atoms in total. The largest absolute Gasteiger partial charge is 0.355 e. The van der Waals surface area contributed by atoms with Crippen LogP contribution in [-0.4, -0.2) is 43.0 Å². The van der Waals surface area contributed by atoms with Crippen molar-refractivity contribution in [1.29, 1.82) is 0 Å². The molecule has 0 aromatic heterocycles. The molecule has 5 heteroatoms. The molecule has 1 aliphatic rings. The highest BCUT2D eigenvalue weighted by atomic mass is 35.5. The van der Waals surface area contributed by atoms with Gasteiger partial charge in [-0.15, -0.1) is 12.4 Å². The zero-order chi connectivity index (χ0) is 12.2. The standard InChI is InChI=1S/C12H25N3O.ClH/c1-4-6-14-11(16)10(2)15-7-5-12(3,8-13)9-15;/h10H,4-9,13H2,1-3H3,(H,14,16);1H. The highest BCUT2D eigenvalue weighted by molar-refractivity contribution is 5.85. The molecule has 1 fully saturated rings. The van der Waals surface area contributed by atoms with Gasteiger partial charge < -0.3 is 11.1 Å². The average molecular weight is 264 g/mol. The van der Waals surface area contributed by atoms with E-state index in [2.05, 4.69) is 24.1 Å². The van der Waals surface area contributed by atoms with Crippen LogP contribution in [0, 0.1) is 5.41 Å². The SMILES string of the molecule is CCCNC(=O)C(C)N1CCC(C)(CN)C1.Cl. The Kier molecular flexibility index (Phi) is 7.05. The van der Waals surface area contributed by atoms with Crippen LogP contribution in [0.1, 0.15) is 33.6 Å². The molecule has 0 spiro atoms. The van der Waals surface area contributed by atoms with Crippen LogP contribution in [0.15, 0.2) is 0 Å². The average Bonchev–Trinajstić information content (AvgIpc) is 2.68. The van der Waals surface area contributed by atoms with E-state index >= 15 is 0 Å². The Hall–Kier alpha value is -0.320. The molecule has 0 aliphatic carbocycles. The Bertz CT molecular complexity index is 250. The van der Waals surface area contributed by atoms with E-state index in [0.717, 1.165) is 32.5 Å². The fourth-order valence-electron chi connectivity index (χ4n) is 2.12. The van der Waals surface area contributed by atoms with Crippen molar-refractivity contribution in [2.45, 2.75) is 39.7 Å². The number of nitrogens with zero attached hydrogens (tertiary/aromatic N) is 1. The Morgan fingerprint density at radius 1 is 1.59 bits per heavy atom. The smallest absolute Gasteiger partial charge is 0.237 e. The normalized spacial score (nSPS) is 26.4. The third-order valence-electron chi connectivity index (χ3n) is 3.56. The van der Waals surface area contributed by atoms with Crippen LogP contribution in [0.4, 0.5) is 0 Å². The Labute approximate surface area is 111 Å². The van der Waals surface area contributed by atoms with Gasteiger partial charge in [-0.25, -0.2) is 0 Å². The summed E-state index contributed by atoms with van der Waals surface area (Å²) in [6.07, 6.45) is 2.08. The molecule has 0 radical (unpaired) electrons. The van der Waals surface area contributed by atoms with Gasteiger partial charge in [-0.1, -0.05) is 13.8 Å². The first-order valence-corrected chi connectivity index (χ1v) is 6.24. The maximum atomic E-state index is 11.8. The second-order valence-corrected chi connectivity index (χ2v) is 5.20. The van der Waals surface area contributed by atoms with Gasteiger partial charge in [-0.2, -0.15) is 0 Å². The van der Waals surface area contributed by atoms with E-state index in [9.17, 15) is 4.79 Å². The molecule has 1 heterocycles. The first-order chi connectivity index (χ1) is 7.52. The lowest BCUT2D eigenvalue weighted by atomic mass is 9.90. The summed E-state index contributed by atoms with van der Waals surface area (Å²) in [6, 6.07) is -0.0278. The third-order valence-corrected chi connectivity index (χ3v) is 3.56. The minimum absolute atomic E-state index is 0. The van der Waals surface area contributed by atoms with E-state index in [-0.39, 0.29) is 29.8 Å². The molecule has 2 unspecified atom stereocenters. The molecule has 3 N–H and O–H groups in total. The fourth-order valence-corrected chi connectivity index (χ4v) is 2.12. The Morgan fingerprint density at radius 2 is 2.24 bits per heavy atom. The molecule has 17 heavy (non-hydrogen) atoms. The predicted molar refractivity (Wildman–Crippen MR) is 73.4 cm³/mol. The molecular formula is C12H26ClN3O. The number of halogens is 1. The second-order valence-electron chi connectivity index (χ2n) is 5.20. The quantitative estimate of drug-likeness (QED) is 0.778. The van der Waals surface area contributed by atoms with Crippen molar-refractivity contribution in [1.82, 2.24) is 10.2 Å². The molecule has 1 saturated heterocycles. The zero-order valence-corrected chi connectivity index (χ0v) is 12.0. The van der Waals surface area contributed by atoms with Crippen molar-refractivity contribution in [2.24, 2.45) is 11.1 Å². The lowest BCUT2D eigenvalue weighted by Crippen LogP contribution is -2.45. The van der Waals surface area contributed by atoms with Crippen molar-refractivity contribution < 1.29 is 4.79 Å². The Morgan fingerprint density at radius 3 is 2.71 bits per heavy atom. The molecule has 1 aliphatic heterocycles. The second kappa shape index (κ2) is 7.19. The van der Waals surface area contributed by atoms with Gasteiger partial charge in [0.1, 0.15) is 0 Å². The monoisotopic (exact) mass is 263 g/mol. The van der Waals surface area contributed by atoms with Crippen LogP contribution in [0.25, 0.3) is 0 Å². The lowest BCUT2D eigenvalue weighted by Gasteiger charge is -2.26. The lowest BCUT2D eigenvalue weighted by molar-refractivity contribution is -0.125. The number of rotatable bonds is 5. The number of carbonyl (C=O) groups is 1. The summed E-state index contributed by atoms with van der Waals surface area (Å²) in [7, 11) is 0. The number of hydrogen-bond acceptors (Lipinski definition) is 3. The summed E-state index contributed by atoms with van der Waals surface area (Å²) in [5.74, 6) is 0.142. The van der Waals surface area contributed by atoms with Crippen molar-refractivity contribution in [3.05, 3.63) is 0 Å². The zero-order valence-electron chi connectivity index (χ0n) is 11.2. The summed E-state index contributed by atoms with van der Waals surface area (Å²) in [6.45, 7) is 9.62. The van der Waals surface area contributed by atoms with E-state index in [4.69, 9.17) is 5.73 Å².